The number of rotatable bonds is 6. The van der Waals surface area contributed by atoms with Gasteiger partial charge in [-0.2, -0.15) is 11.8 Å². The van der Waals surface area contributed by atoms with E-state index in [-0.39, 0.29) is 23.8 Å². The summed E-state index contributed by atoms with van der Waals surface area (Å²) in [5, 5.41) is 2.87. The molecule has 6 nitrogen and oxygen atoms in total. The van der Waals surface area contributed by atoms with E-state index in [2.05, 4.69) is 10.2 Å². The summed E-state index contributed by atoms with van der Waals surface area (Å²) in [6, 6.07) is 9.80. The van der Waals surface area contributed by atoms with E-state index in [1.165, 1.54) is 0 Å². The molecule has 7 heteroatoms. The number of benzene rings is 1. The van der Waals surface area contributed by atoms with Gasteiger partial charge in [0, 0.05) is 50.8 Å². The second-order valence-corrected chi connectivity index (χ2v) is 8.39. The molecule has 2 amide bonds. The molecule has 2 aliphatic rings. The van der Waals surface area contributed by atoms with Gasteiger partial charge in [-0.3, -0.25) is 14.5 Å². The molecule has 0 radical (unpaired) electrons. The molecule has 2 unspecified atom stereocenters. The van der Waals surface area contributed by atoms with E-state index in [1.54, 1.807) is 0 Å². The van der Waals surface area contributed by atoms with Crippen molar-refractivity contribution in [3.8, 4) is 0 Å². The van der Waals surface area contributed by atoms with Gasteiger partial charge in [0.2, 0.25) is 11.8 Å². The molecule has 0 spiro atoms. The van der Waals surface area contributed by atoms with Gasteiger partial charge in [0.1, 0.15) is 6.04 Å². The Kier molecular flexibility index (Phi) is 7.55. The fourth-order valence-corrected chi connectivity index (χ4v) is 4.82. The molecule has 1 aromatic carbocycles. The number of hydrogen-bond acceptors (Lipinski definition) is 5. The third kappa shape index (κ3) is 5.24. The van der Waals surface area contributed by atoms with E-state index in [0.29, 0.717) is 19.6 Å². The molecule has 0 bridgehead atoms. The minimum atomic E-state index is -0.252. The molecule has 2 aliphatic heterocycles. The number of nitrogens with one attached hydrogen (secondary N) is 1. The molecule has 148 valence electrons. The summed E-state index contributed by atoms with van der Waals surface area (Å²) in [7, 11) is 0. The SMILES string of the molecule is NCCNC(=O)C1CCCN(C(=O)C(c2ccccc2)N2CCSCC2)C1. The van der Waals surface area contributed by atoms with Crippen LogP contribution in [0.5, 0.6) is 0 Å². The predicted octanol–water partition coefficient (Wildman–Crippen LogP) is 1.09. The lowest BCUT2D eigenvalue weighted by molar-refractivity contribution is -0.140. The quantitative estimate of drug-likeness (QED) is 0.760. The van der Waals surface area contributed by atoms with Crippen LogP contribution in [0.3, 0.4) is 0 Å². The number of nitrogens with zero attached hydrogens (tertiary/aromatic N) is 2. The van der Waals surface area contributed by atoms with E-state index in [9.17, 15) is 9.59 Å². The van der Waals surface area contributed by atoms with Crippen LogP contribution in [0.25, 0.3) is 0 Å². The third-order valence-corrected chi connectivity index (χ3v) is 6.25. The zero-order valence-corrected chi connectivity index (χ0v) is 16.6. The first kappa shape index (κ1) is 20.2. The monoisotopic (exact) mass is 390 g/mol. The van der Waals surface area contributed by atoms with E-state index in [4.69, 9.17) is 5.73 Å². The number of piperidine rings is 1. The van der Waals surface area contributed by atoms with E-state index in [1.807, 2.05) is 47.0 Å². The van der Waals surface area contributed by atoms with Crippen LogP contribution in [0.15, 0.2) is 30.3 Å². The first-order chi connectivity index (χ1) is 13.2. The Balaban J connectivity index is 1.74. The Morgan fingerprint density at radius 3 is 2.63 bits per heavy atom. The van der Waals surface area contributed by atoms with Gasteiger partial charge in [0.05, 0.1) is 5.92 Å². The Hall–Kier alpha value is -1.57. The minimum Gasteiger partial charge on any atom is -0.355 e. The number of nitrogens with two attached hydrogens (primary N) is 1. The molecule has 1 aromatic rings. The standard InChI is InChI=1S/C20H30N4O2S/c21-8-9-22-19(25)17-7-4-10-24(15-17)20(26)18(16-5-2-1-3-6-16)23-11-13-27-14-12-23/h1-3,5-6,17-18H,4,7-15,21H2,(H,22,25). The minimum absolute atomic E-state index is 0.0172. The maximum Gasteiger partial charge on any atom is 0.244 e. The maximum absolute atomic E-state index is 13.5. The zero-order chi connectivity index (χ0) is 19.1. The molecule has 2 atom stereocenters. The predicted molar refractivity (Wildman–Crippen MR) is 109 cm³/mol. The lowest BCUT2D eigenvalue weighted by Crippen LogP contribution is -2.51. The van der Waals surface area contributed by atoms with E-state index < -0.39 is 0 Å². The number of carbonyl (C=O) groups excluding carboxylic acids is 2. The summed E-state index contributed by atoms with van der Waals surface area (Å²) in [5.41, 5.74) is 6.53. The van der Waals surface area contributed by atoms with Crippen molar-refractivity contribution in [2.24, 2.45) is 11.7 Å². The van der Waals surface area contributed by atoms with Gasteiger partial charge >= 0.3 is 0 Å². The zero-order valence-electron chi connectivity index (χ0n) is 15.8. The lowest BCUT2D eigenvalue weighted by Gasteiger charge is -2.39. The maximum atomic E-state index is 13.5. The summed E-state index contributed by atoms with van der Waals surface area (Å²) in [6.07, 6.45) is 1.69. The highest BCUT2D eigenvalue weighted by molar-refractivity contribution is 7.99. The topological polar surface area (TPSA) is 78.7 Å². The van der Waals surface area contributed by atoms with Crippen molar-refractivity contribution in [1.29, 1.82) is 0 Å². The van der Waals surface area contributed by atoms with Gasteiger partial charge in [-0.15, -0.1) is 0 Å². The second kappa shape index (κ2) is 10.1. The third-order valence-electron chi connectivity index (χ3n) is 5.31. The fraction of sp³-hybridized carbons (Fsp3) is 0.600. The molecule has 0 aromatic heterocycles. The number of amides is 2. The summed E-state index contributed by atoms with van der Waals surface area (Å²) < 4.78 is 0. The van der Waals surface area contributed by atoms with E-state index in [0.717, 1.165) is 49.5 Å². The summed E-state index contributed by atoms with van der Waals surface area (Å²) in [4.78, 5) is 30.1. The average Bonchev–Trinajstić information content (AvgIpc) is 2.74. The first-order valence-corrected chi connectivity index (χ1v) is 11.0. The van der Waals surface area contributed by atoms with Crippen molar-refractivity contribution in [2.75, 3.05) is 50.8 Å². The average molecular weight is 391 g/mol. The molecule has 0 saturated carbocycles. The summed E-state index contributed by atoms with van der Waals surface area (Å²) in [5.74, 6) is 2.12. The fourth-order valence-electron chi connectivity index (χ4n) is 3.88. The highest BCUT2D eigenvalue weighted by Gasteiger charge is 2.35. The van der Waals surface area contributed by atoms with Crippen LogP contribution in [0, 0.1) is 5.92 Å². The Bertz CT molecular complexity index is 622. The van der Waals surface area contributed by atoms with Crippen LogP contribution in [-0.2, 0) is 9.59 Å². The molecule has 0 aliphatic carbocycles. The second-order valence-electron chi connectivity index (χ2n) is 7.16. The van der Waals surface area contributed by atoms with Crippen LogP contribution in [0.1, 0.15) is 24.4 Å². The number of thioether (sulfide) groups is 1. The van der Waals surface area contributed by atoms with Gasteiger partial charge in [-0.25, -0.2) is 0 Å². The highest BCUT2D eigenvalue weighted by atomic mass is 32.2. The lowest BCUT2D eigenvalue weighted by atomic mass is 9.95. The largest absolute Gasteiger partial charge is 0.355 e. The van der Waals surface area contributed by atoms with Gasteiger partial charge in [0.15, 0.2) is 0 Å². The van der Waals surface area contributed by atoms with Crippen molar-refractivity contribution in [1.82, 2.24) is 15.1 Å². The van der Waals surface area contributed by atoms with Gasteiger partial charge < -0.3 is 16.0 Å². The van der Waals surface area contributed by atoms with Crippen molar-refractivity contribution in [3.05, 3.63) is 35.9 Å². The van der Waals surface area contributed by atoms with Crippen LogP contribution in [-0.4, -0.2) is 72.4 Å². The molecular weight excluding hydrogens is 360 g/mol. The molecule has 2 heterocycles. The highest BCUT2D eigenvalue weighted by Crippen LogP contribution is 2.28. The smallest absolute Gasteiger partial charge is 0.244 e. The van der Waals surface area contributed by atoms with Crippen molar-refractivity contribution in [3.63, 3.8) is 0 Å². The summed E-state index contributed by atoms with van der Waals surface area (Å²) >= 11 is 1.94. The molecule has 3 rings (SSSR count). The van der Waals surface area contributed by atoms with Crippen LogP contribution >= 0.6 is 11.8 Å². The Morgan fingerprint density at radius 1 is 1.19 bits per heavy atom. The Morgan fingerprint density at radius 2 is 1.93 bits per heavy atom. The molecule has 2 saturated heterocycles. The van der Waals surface area contributed by atoms with Crippen LogP contribution in [0.2, 0.25) is 0 Å². The van der Waals surface area contributed by atoms with Crippen LogP contribution < -0.4 is 11.1 Å². The van der Waals surface area contributed by atoms with Crippen molar-refractivity contribution < 1.29 is 9.59 Å². The van der Waals surface area contributed by atoms with Crippen molar-refractivity contribution in [2.45, 2.75) is 18.9 Å². The number of likely N-dealkylation sites (tertiary alicyclic amines) is 1. The van der Waals surface area contributed by atoms with Crippen LogP contribution in [0.4, 0.5) is 0 Å². The van der Waals surface area contributed by atoms with E-state index >= 15 is 0 Å². The van der Waals surface area contributed by atoms with Gasteiger partial charge in [0.25, 0.3) is 0 Å². The number of hydrogen-bond donors (Lipinski definition) is 2. The van der Waals surface area contributed by atoms with Gasteiger partial charge in [-0.1, -0.05) is 30.3 Å². The molecule has 27 heavy (non-hydrogen) atoms. The molecule has 2 fully saturated rings. The molecule has 3 N–H and O–H groups in total. The normalized spacial score (nSPS) is 22.3. The number of carbonyl (C=O) groups is 2. The Labute approximate surface area is 165 Å². The first-order valence-electron chi connectivity index (χ1n) is 9.84. The summed E-state index contributed by atoms with van der Waals surface area (Å²) in [6.45, 7) is 3.99. The molecular formula is C20H30N4O2S. The van der Waals surface area contributed by atoms with Gasteiger partial charge in [-0.05, 0) is 18.4 Å². The van der Waals surface area contributed by atoms with Crippen molar-refractivity contribution >= 4 is 23.6 Å².